The summed E-state index contributed by atoms with van der Waals surface area (Å²) in [5, 5.41) is 3.94. The van der Waals surface area contributed by atoms with Crippen LogP contribution in [-0.2, 0) is 11.3 Å². The van der Waals surface area contributed by atoms with Crippen LogP contribution in [0.4, 0.5) is 0 Å². The molecule has 0 aliphatic heterocycles. The third kappa shape index (κ3) is 1.25. The van der Waals surface area contributed by atoms with Gasteiger partial charge in [0.1, 0.15) is 5.76 Å². The lowest BCUT2D eigenvalue weighted by atomic mass is 10.1. The average Bonchev–Trinajstić information content (AvgIpc) is 2.82. The fourth-order valence-corrected chi connectivity index (χ4v) is 1.39. The van der Waals surface area contributed by atoms with E-state index in [1.165, 1.54) is 12.8 Å². The predicted octanol–water partition coefficient (Wildman–Crippen LogP) is 2.01. The first-order valence-electron chi connectivity index (χ1n) is 4.27. The van der Waals surface area contributed by atoms with Crippen molar-refractivity contribution in [2.75, 3.05) is 7.11 Å². The Balaban J connectivity index is 2.26. The molecule has 0 N–H and O–H groups in total. The molecule has 0 spiro atoms. The summed E-state index contributed by atoms with van der Waals surface area (Å²) >= 11 is 0. The fourth-order valence-electron chi connectivity index (χ4n) is 1.39. The molecule has 66 valence electrons. The normalized spacial score (nSPS) is 16.8. The molecular formula is C9H13NO2. The van der Waals surface area contributed by atoms with Crippen LogP contribution < -0.4 is 0 Å². The van der Waals surface area contributed by atoms with E-state index in [1.807, 2.05) is 6.92 Å². The topological polar surface area (TPSA) is 35.3 Å². The molecule has 3 heteroatoms. The van der Waals surface area contributed by atoms with Crippen molar-refractivity contribution in [2.24, 2.45) is 0 Å². The average molecular weight is 167 g/mol. The van der Waals surface area contributed by atoms with E-state index in [0.717, 1.165) is 17.0 Å². The molecule has 0 radical (unpaired) electrons. The van der Waals surface area contributed by atoms with E-state index in [2.05, 4.69) is 5.16 Å². The third-order valence-corrected chi connectivity index (χ3v) is 2.25. The van der Waals surface area contributed by atoms with Crippen LogP contribution >= 0.6 is 0 Å². The van der Waals surface area contributed by atoms with Gasteiger partial charge in [0, 0.05) is 18.6 Å². The Morgan fingerprint density at radius 2 is 2.33 bits per heavy atom. The second kappa shape index (κ2) is 2.90. The summed E-state index contributed by atoms with van der Waals surface area (Å²) in [7, 11) is 1.70. The van der Waals surface area contributed by atoms with E-state index in [9.17, 15) is 0 Å². The SMILES string of the molecule is COCc1c(C)noc1C1CC1. The Bertz CT molecular complexity index is 276. The van der Waals surface area contributed by atoms with Gasteiger partial charge in [0.25, 0.3) is 0 Å². The molecule has 0 unspecified atom stereocenters. The second-order valence-corrected chi connectivity index (χ2v) is 3.32. The van der Waals surface area contributed by atoms with Gasteiger partial charge in [-0.25, -0.2) is 0 Å². The van der Waals surface area contributed by atoms with E-state index in [0.29, 0.717) is 12.5 Å². The number of hydrogen-bond donors (Lipinski definition) is 0. The molecule has 1 aromatic rings. The Kier molecular flexibility index (Phi) is 1.89. The molecule has 1 aliphatic carbocycles. The monoisotopic (exact) mass is 167 g/mol. The number of methoxy groups -OCH3 is 1. The first kappa shape index (κ1) is 7.80. The molecule has 0 bridgehead atoms. The van der Waals surface area contributed by atoms with Gasteiger partial charge in [-0.3, -0.25) is 0 Å². The Labute approximate surface area is 71.7 Å². The van der Waals surface area contributed by atoms with Crippen LogP contribution in [0.1, 0.15) is 35.8 Å². The van der Waals surface area contributed by atoms with Crippen LogP contribution in [-0.4, -0.2) is 12.3 Å². The van der Waals surface area contributed by atoms with E-state index in [-0.39, 0.29) is 0 Å². The summed E-state index contributed by atoms with van der Waals surface area (Å²) in [6.07, 6.45) is 2.48. The smallest absolute Gasteiger partial charge is 0.145 e. The molecule has 12 heavy (non-hydrogen) atoms. The first-order valence-corrected chi connectivity index (χ1v) is 4.27. The summed E-state index contributed by atoms with van der Waals surface area (Å²) in [5.41, 5.74) is 2.12. The summed E-state index contributed by atoms with van der Waals surface area (Å²) in [6, 6.07) is 0. The number of aromatic nitrogens is 1. The number of rotatable bonds is 3. The Morgan fingerprint density at radius 3 is 2.92 bits per heavy atom. The van der Waals surface area contributed by atoms with E-state index in [1.54, 1.807) is 7.11 Å². The zero-order valence-corrected chi connectivity index (χ0v) is 7.46. The van der Waals surface area contributed by atoms with Crippen molar-refractivity contribution in [2.45, 2.75) is 32.3 Å². The maximum absolute atomic E-state index is 5.24. The third-order valence-electron chi connectivity index (χ3n) is 2.25. The highest BCUT2D eigenvalue weighted by Crippen LogP contribution is 2.42. The van der Waals surface area contributed by atoms with Crippen molar-refractivity contribution in [1.82, 2.24) is 5.16 Å². The minimum absolute atomic E-state index is 0.622. The highest BCUT2D eigenvalue weighted by Gasteiger charge is 2.31. The van der Waals surface area contributed by atoms with Crippen LogP contribution in [0, 0.1) is 6.92 Å². The van der Waals surface area contributed by atoms with Gasteiger partial charge in [-0.1, -0.05) is 5.16 Å². The van der Waals surface area contributed by atoms with Gasteiger partial charge in [-0.15, -0.1) is 0 Å². The minimum atomic E-state index is 0.622. The molecule has 1 fully saturated rings. The first-order chi connectivity index (χ1) is 5.83. The van der Waals surface area contributed by atoms with Crippen LogP contribution in [0.25, 0.3) is 0 Å². The maximum Gasteiger partial charge on any atom is 0.145 e. The molecule has 1 aliphatic rings. The molecule has 0 atom stereocenters. The van der Waals surface area contributed by atoms with Crippen LogP contribution in [0.3, 0.4) is 0 Å². The second-order valence-electron chi connectivity index (χ2n) is 3.32. The molecule has 1 aromatic heterocycles. The molecule has 2 rings (SSSR count). The Morgan fingerprint density at radius 1 is 1.58 bits per heavy atom. The molecule has 0 aromatic carbocycles. The predicted molar refractivity (Wildman–Crippen MR) is 43.9 cm³/mol. The van der Waals surface area contributed by atoms with Crippen molar-refractivity contribution in [3.8, 4) is 0 Å². The standard InChI is InChI=1S/C9H13NO2/c1-6-8(5-11-2)9(12-10-6)7-3-4-7/h7H,3-5H2,1-2H3. The zero-order chi connectivity index (χ0) is 8.55. The lowest BCUT2D eigenvalue weighted by Crippen LogP contribution is -1.92. The van der Waals surface area contributed by atoms with Crippen molar-refractivity contribution in [3.05, 3.63) is 17.0 Å². The largest absolute Gasteiger partial charge is 0.380 e. The van der Waals surface area contributed by atoms with Gasteiger partial charge in [-0.05, 0) is 19.8 Å². The van der Waals surface area contributed by atoms with Crippen molar-refractivity contribution < 1.29 is 9.26 Å². The van der Waals surface area contributed by atoms with Crippen LogP contribution in [0.5, 0.6) is 0 Å². The van der Waals surface area contributed by atoms with Gasteiger partial charge in [-0.2, -0.15) is 0 Å². The van der Waals surface area contributed by atoms with Gasteiger partial charge < -0.3 is 9.26 Å². The highest BCUT2D eigenvalue weighted by atomic mass is 16.5. The van der Waals surface area contributed by atoms with E-state index >= 15 is 0 Å². The number of hydrogen-bond acceptors (Lipinski definition) is 3. The molecule has 3 nitrogen and oxygen atoms in total. The van der Waals surface area contributed by atoms with Crippen molar-refractivity contribution in [3.63, 3.8) is 0 Å². The van der Waals surface area contributed by atoms with Crippen molar-refractivity contribution in [1.29, 1.82) is 0 Å². The van der Waals surface area contributed by atoms with Gasteiger partial charge in [0.2, 0.25) is 0 Å². The summed E-state index contributed by atoms with van der Waals surface area (Å²) in [5.74, 6) is 1.67. The van der Waals surface area contributed by atoms with E-state index in [4.69, 9.17) is 9.26 Å². The molecule has 0 saturated heterocycles. The number of nitrogens with zero attached hydrogens (tertiary/aromatic N) is 1. The fraction of sp³-hybridized carbons (Fsp3) is 0.667. The molecule has 1 heterocycles. The minimum Gasteiger partial charge on any atom is -0.380 e. The number of ether oxygens (including phenoxy) is 1. The highest BCUT2D eigenvalue weighted by molar-refractivity contribution is 5.26. The summed E-state index contributed by atoms with van der Waals surface area (Å²) in [4.78, 5) is 0. The van der Waals surface area contributed by atoms with Crippen LogP contribution in [0.15, 0.2) is 4.52 Å². The molecule has 0 amide bonds. The summed E-state index contributed by atoms with van der Waals surface area (Å²) < 4.78 is 10.3. The van der Waals surface area contributed by atoms with Crippen LogP contribution in [0.2, 0.25) is 0 Å². The van der Waals surface area contributed by atoms with Gasteiger partial charge in [0.05, 0.1) is 12.3 Å². The molecular weight excluding hydrogens is 154 g/mol. The van der Waals surface area contributed by atoms with E-state index < -0.39 is 0 Å². The van der Waals surface area contributed by atoms with Crippen molar-refractivity contribution >= 4 is 0 Å². The quantitative estimate of drug-likeness (QED) is 0.690. The molecule has 1 saturated carbocycles. The van der Waals surface area contributed by atoms with Gasteiger partial charge >= 0.3 is 0 Å². The summed E-state index contributed by atoms with van der Waals surface area (Å²) in [6.45, 7) is 2.59. The Hall–Kier alpha value is -0.830. The number of aryl methyl sites for hydroxylation is 1. The zero-order valence-electron chi connectivity index (χ0n) is 7.46. The lowest BCUT2D eigenvalue weighted by molar-refractivity contribution is 0.182. The maximum atomic E-state index is 5.24. The van der Waals surface area contributed by atoms with Gasteiger partial charge in [0.15, 0.2) is 0 Å². The lowest BCUT2D eigenvalue weighted by Gasteiger charge is -1.97.